The van der Waals surface area contributed by atoms with Crippen LogP contribution in [-0.4, -0.2) is 44.3 Å². The molecule has 0 aliphatic carbocycles. The first-order chi connectivity index (χ1) is 11.0. The van der Waals surface area contributed by atoms with Gasteiger partial charge in [-0.05, 0) is 49.3 Å². The number of carbonyl (C=O) groups is 4. The Balaban J connectivity index is 3.74. The third kappa shape index (κ3) is 4.29. The molecule has 0 atom stereocenters. The van der Waals surface area contributed by atoms with Crippen LogP contribution in [0.2, 0.25) is 0 Å². The van der Waals surface area contributed by atoms with E-state index < -0.39 is 23.9 Å². The number of aromatic carboxylic acids is 2. The SMILES string of the molecule is CC(=Cc1cc(C(=O)O)c(C=C(C)C(=O)O)cc1C(=O)O)C(=O)O. The number of carboxylic acid groups (broad SMARTS) is 4. The first-order valence-corrected chi connectivity index (χ1v) is 6.52. The Hall–Kier alpha value is -3.42. The molecule has 0 aliphatic rings. The lowest BCUT2D eigenvalue weighted by Crippen LogP contribution is -2.08. The van der Waals surface area contributed by atoms with E-state index in [2.05, 4.69) is 0 Å². The Kier molecular flexibility index (Phi) is 5.61. The summed E-state index contributed by atoms with van der Waals surface area (Å²) in [6.07, 6.45) is 2.07. The molecule has 0 heterocycles. The van der Waals surface area contributed by atoms with Gasteiger partial charge in [-0.2, -0.15) is 0 Å². The van der Waals surface area contributed by atoms with Gasteiger partial charge in [0.2, 0.25) is 0 Å². The van der Waals surface area contributed by atoms with Crippen molar-refractivity contribution in [2.45, 2.75) is 13.8 Å². The van der Waals surface area contributed by atoms with E-state index in [0.29, 0.717) is 0 Å². The Morgan fingerprint density at radius 1 is 0.708 bits per heavy atom. The highest BCUT2D eigenvalue weighted by Gasteiger charge is 2.18. The second-order valence-corrected chi connectivity index (χ2v) is 4.90. The molecule has 0 aromatic heterocycles. The standard InChI is InChI=1S/C16H14O8/c1-7(13(17)18)3-9-5-12(16(23)24)10(4-8(2)14(19)20)6-11(9)15(21)22/h3-6H,1-2H3,(H,17,18)(H,19,20)(H,21,22)(H,23,24). The zero-order valence-electron chi connectivity index (χ0n) is 12.7. The lowest BCUT2D eigenvalue weighted by molar-refractivity contribution is -0.133. The molecule has 1 rings (SSSR count). The van der Waals surface area contributed by atoms with Crippen LogP contribution in [-0.2, 0) is 9.59 Å². The normalized spacial score (nSPS) is 11.9. The van der Waals surface area contributed by atoms with Crippen molar-refractivity contribution < 1.29 is 39.6 Å². The highest BCUT2D eigenvalue weighted by molar-refractivity contribution is 6.02. The molecule has 0 fully saturated rings. The van der Waals surface area contributed by atoms with Gasteiger partial charge >= 0.3 is 23.9 Å². The number of carboxylic acids is 4. The van der Waals surface area contributed by atoms with Crippen molar-refractivity contribution in [1.82, 2.24) is 0 Å². The summed E-state index contributed by atoms with van der Waals surface area (Å²) in [5.74, 6) is -5.37. The summed E-state index contributed by atoms with van der Waals surface area (Å²) in [4.78, 5) is 44.5. The smallest absolute Gasteiger partial charge is 0.336 e. The van der Waals surface area contributed by atoms with E-state index in [1.54, 1.807) is 0 Å². The summed E-state index contributed by atoms with van der Waals surface area (Å²) in [5.41, 5.74) is -1.26. The minimum atomic E-state index is -1.40. The molecule has 8 heteroatoms. The zero-order valence-corrected chi connectivity index (χ0v) is 12.7. The van der Waals surface area contributed by atoms with E-state index in [0.717, 1.165) is 24.3 Å². The molecule has 0 spiro atoms. The molecule has 24 heavy (non-hydrogen) atoms. The van der Waals surface area contributed by atoms with Crippen molar-refractivity contribution in [3.05, 3.63) is 45.5 Å². The Bertz CT molecular complexity index is 731. The fourth-order valence-corrected chi connectivity index (χ4v) is 1.83. The van der Waals surface area contributed by atoms with Gasteiger partial charge in [-0.15, -0.1) is 0 Å². The molecule has 1 aromatic carbocycles. The topological polar surface area (TPSA) is 149 Å². The van der Waals surface area contributed by atoms with Crippen LogP contribution in [0, 0.1) is 0 Å². The van der Waals surface area contributed by atoms with Gasteiger partial charge in [0.25, 0.3) is 0 Å². The van der Waals surface area contributed by atoms with Crippen molar-refractivity contribution in [1.29, 1.82) is 0 Å². The fourth-order valence-electron chi connectivity index (χ4n) is 1.83. The number of hydrogen-bond acceptors (Lipinski definition) is 4. The van der Waals surface area contributed by atoms with Crippen LogP contribution in [0.25, 0.3) is 12.2 Å². The molecule has 0 saturated carbocycles. The molecular weight excluding hydrogens is 320 g/mol. The molecule has 0 bridgehead atoms. The van der Waals surface area contributed by atoms with Crippen LogP contribution in [0.3, 0.4) is 0 Å². The van der Waals surface area contributed by atoms with Crippen molar-refractivity contribution in [3.63, 3.8) is 0 Å². The molecule has 0 saturated heterocycles. The van der Waals surface area contributed by atoms with E-state index in [1.807, 2.05) is 0 Å². The predicted molar refractivity (Wildman–Crippen MR) is 82.9 cm³/mol. The largest absolute Gasteiger partial charge is 0.478 e. The van der Waals surface area contributed by atoms with E-state index >= 15 is 0 Å². The maximum atomic E-state index is 11.4. The summed E-state index contributed by atoms with van der Waals surface area (Å²) in [7, 11) is 0. The maximum Gasteiger partial charge on any atom is 0.336 e. The van der Waals surface area contributed by atoms with Gasteiger partial charge in [-0.3, -0.25) is 0 Å². The van der Waals surface area contributed by atoms with Crippen LogP contribution in [0.5, 0.6) is 0 Å². The Morgan fingerprint density at radius 2 is 1.00 bits per heavy atom. The zero-order chi connectivity index (χ0) is 18.6. The third-order valence-corrected chi connectivity index (χ3v) is 3.10. The van der Waals surface area contributed by atoms with Gasteiger partial charge in [0.15, 0.2) is 0 Å². The summed E-state index contributed by atoms with van der Waals surface area (Å²) < 4.78 is 0. The first kappa shape index (κ1) is 18.6. The second kappa shape index (κ2) is 7.23. The van der Waals surface area contributed by atoms with Gasteiger partial charge in [-0.1, -0.05) is 0 Å². The monoisotopic (exact) mass is 334 g/mol. The van der Waals surface area contributed by atoms with Gasteiger partial charge in [0.1, 0.15) is 0 Å². The molecule has 126 valence electrons. The first-order valence-electron chi connectivity index (χ1n) is 6.52. The maximum absolute atomic E-state index is 11.4. The second-order valence-electron chi connectivity index (χ2n) is 4.90. The van der Waals surface area contributed by atoms with E-state index in [9.17, 15) is 29.4 Å². The van der Waals surface area contributed by atoms with Gasteiger partial charge in [0.05, 0.1) is 11.1 Å². The van der Waals surface area contributed by atoms with Gasteiger partial charge in [-0.25, -0.2) is 19.2 Å². The minimum Gasteiger partial charge on any atom is -0.478 e. The van der Waals surface area contributed by atoms with E-state index in [4.69, 9.17) is 10.2 Å². The molecule has 8 nitrogen and oxygen atoms in total. The van der Waals surface area contributed by atoms with Crippen LogP contribution >= 0.6 is 0 Å². The van der Waals surface area contributed by atoms with Crippen LogP contribution in [0.4, 0.5) is 0 Å². The predicted octanol–water partition coefficient (Wildman–Crippen LogP) is 2.06. The summed E-state index contributed by atoms with van der Waals surface area (Å²) in [6.45, 7) is 2.47. The minimum absolute atomic E-state index is 0.107. The highest BCUT2D eigenvalue weighted by atomic mass is 16.4. The fraction of sp³-hybridized carbons (Fsp3) is 0.125. The Morgan fingerprint density at radius 3 is 1.21 bits per heavy atom. The average Bonchev–Trinajstić information content (AvgIpc) is 2.47. The Labute approximate surface area is 136 Å². The lowest BCUT2D eigenvalue weighted by atomic mass is 9.95. The summed E-state index contributed by atoms with van der Waals surface area (Å²) in [5, 5.41) is 36.3. The molecule has 0 amide bonds. The van der Waals surface area contributed by atoms with Crippen molar-refractivity contribution in [3.8, 4) is 0 Å². The third-order valence-electron chi connectivity index (χ3n) is 3.10. The number of hydrogen-bond donors (Lipinski definition) is 4. The lowest BCUT2D eigenvalue weighted by Gasteiger charge is -2.09. The van der Waals surface area contributed by atoms with Crippen molar-refractivity contribution in [2.24, 2.45) is 0 Å². The number of aliphatic carboxylic acids is 2. The molecule has 0 unspecified atom stereocenters. The van der Waals surface area contributed by atoms with E-state index in [-0.39, 0.29) is 33.4 Å². The molecule has 0 radical (unpaired) electrons. The van der Waals surface area contributed by atoms with E-state index in [1.165, 1.54) is 13.8 Å². The van der Waals surface area contributed by atoms with Crippen molar-refractivity contribution in [2.75, 3.05) is 0 Å². The van der Waals surface area contributed by atoms with Crippen LogP contribution in [0.15, 0.2) is 23.3 Å². The van der Waals surface area contributed by atoms with Crippen molar-refractivity contribution >= 4 is 36.0 Å². The molecule has 4 N–H and O–H groups in total. The van der Waals surface area contributed by atoms with Gasteiger partial charge in [0, 0.05) is 11.1 Å². The quantitative estimate of drug-likeness (QED) is 0.577. The summed E-state index contributed by atoms with van der Waals surface area (Å²) in [6, 6.07) is 2.00. The molecule has 1 aromatic rings. The summed E-state index contributed by atoms with van der Waals surface area (Å²) >= 11 is 0. The van der Waals surface area contributed by atoms with Crippen LogP contribution < -0.4 is 0 Å². The highest BCUT2D eigenvalue weighted by Crippen LogP contribution is 2.23. The van der Waals surface area contributed by atoms with Gasteiger partial charge < -0.3 is 20.4 Å². The number of rotatable bonds is 6. The molecule has 0 aliphatic heterocycles. The van der Waals surface area contributed by atoms with Crippen LogP contribution in [0.1, 0.15) is 45.7 Å². The number of benzene rings is 1. The average molecular weight is 334 g/mol. The molecular formula is C16H14O8.